The molecule has 0 aromatic carbocycles. The lowest BCUT2D eigenvalue weighted by molar-refractivity contribution is 0.252. The Hall–Kier alpha value is 0.0900. The number of nitrogens with zero attached hydrogens (tertiary/aromatic N) is 1. The van der Waals surface area contributed by atoms with Crippen molar-refractivity contribution < 1.29 is 8.42 Å². The molecule has 2 aliphatic carbocycles. The number of thiophene rings is 1. The quantitative estimate of drug-likeness (QED) is 0.780. The highest BCUT2D eigenvalue weighted by Crippen LogP contribution is 2.38. The van der Waals surface area contributed by atoms with Crippen molar-refractivity contribution in [2.75, 3.05) is 0 Å². The molecule has 0 N–H and O–H groups in total. The third-order valence-corrected chi connectivity index (χ3v) is 8.55. The highest BCUT2D eigenvalue weighted by Gasteiger charge is 2.39. The summed E-state index contributed by atoms with van der Waals surface area (Å²) in [5.41, 5.74) is 0. The molecule has 1 aromatic rings. The van der Waals surface area contributed by atoms with Crippen LogP contribution in [0.3, 0.4) is 0 Å². The predicted octanol–water partition coefficient (Wildman–Crippen LogP) is 4.39. The minimum Gasteiger partial charge on any atom is -0.206 e. The molecule has 2 aliphatic rings. The van der Waals surface area contributed by atoms with Crippen molar-refractivity contribution >= 4 is 37.3 Å². The molecule has 2 saturated carbocycles. The van der Waals surface area contributed by atoms with E-state index in [1.165, 1.54) is 11.3 Å². The first-order valence-corrected chi connectivity index (χ1v) is 10.4. The summed E-state index contributed by atoms with van der Waals surface area (Å²) >= 11 is 4.70. The van der Waals surface area contributed by atoms with E-state index >= 15 is 0 Å². The number of sulfonamides is 1. The molecule has 0 bridgehead atoms. The summed E-state index contributed by atoms with van der Waals surface area (Å²) in [5, 5.41) is 0. The molecule has 0 unspecified atom stereocenters. The van der Waals surface area contributed by atoms with E-state index in [9.17, 15) is 8.42 Å². The Morgan fingerprint density at radius 2 is 1.50 bits per heavy atom. The third-order valence-electron chi connectivity index (χ3n) is 4.45. The van der Waals surface area contributed by atoms with E-state index < -0.39 is 10.0 Å². The van der Waals surface area contributed by atoms with E-state index in [0.717, 1.165) is 55.2 Å². The van der Waals surface area contributed by atoms with Gasteiger partial charge >= 0.3 is 0 Å². The van der Waals surface area contributed by atoms with Gasteiger partial charge in [-0.3, -0.25) is 0 Å². The van der Waals surface area contributed by atoms with Gasteiger partial charge in [-0.1, -0.05) is 25.7 Å². The second-order valence-corrected chi connectivity index (χ2v) is 10.3. The van der Waals surface area contributed by atoms with Crippen LogP contribution in [-0.4, -0.2) is 24.8 Å². The first-order chi connectivity index (χ1) is 9.59. The number of rotatable bonds is 4. The number of hydrogen-bond acceptors (Lipinski definition) is 3. The standard InChI is InChI=1S/C14H20BrNO2S2/c15-13-9-10-14(19-13)20(17,18)16(11-5-1-2-6-11)12-7-3-4-8-12/h9-12H,1-8H2. The van der Waals surface area contributed by atoms with Crippen LogP contribution in [0.1, 0.15) is 51.4 Å². The molecule has 3 rings (SSSR count). The summed E-state index contributed by atoms with van der Waals surface area (Å²) < 4.78 is 29.3. The van der Waals surface area contributed by atoms with Gasteiger partial charge in [0, 0.05) is 12.1 Å². The molecule has 0 atom stereocenters. The van der Waals surface area contributed by atoms with Gasteiger partial charge in [0.15, 0.2) is 0 Å². The molecule has 2 fully saturated rings. The van der Waals surface area contributed by atoms with Crippen molar-refractivity contribution in [3.8, 4) is 0 Å². The van der Waals surface area contributed by atoms with Gasteiger partial charge in [-0.25, -0.2) is 8.42 Å². The predicted molar refractivity (Wildman–Crippen MR) is 85.6 cm³/mol. The van der Waals surface area contributed by atoms with Crippen LogP contribution in [-0.2, 0) is 10.0 Å². The fourth-order valence-corrected chi connectivity index (χ4v) is 7.59. The van der Waals surface area contributed by atoms with Crippen molar-refractivity contribution in [1.29, 1.82) is 0 Å². The molecule has 0 saturated heterocycles. The minimum absolute atomic E-state index is 0.226. The van der Waals surface area contributed by atoms with Gasteiger partial charge in [0.25, 0.3) is 10.0 Å². The van der Waals surface area contributed by atoms with E-state index in [1.807, 2.05) is 10.4 Å². The van der Waals surface area contributed by atoms with Crippen LogP contribution in [0.4, 0.5) is 0 Å². The molecule has 112 valence electrons. The monoisotopic (exact) mass is 377 g/mol. The lowest BCUT2D eigenvalue weighted by atomic mass is 10.2. The summed E-state index contributed by atoms with van der Waals surface area (Å²) in [6, 6.07) is 4.02. The Balaban J connectivity index is 1.94. The summed E-state index contributed by atoms with van der Waals surface area (Å²) in [6.45, 7) is 0. The van der Waals surface area contributed by atoms with Gasteiger partial charge in [-0.15, -0.1) is 11.3 Å². The largest absolute Gasteiger partial charge is 0.253 e. The molecule has 1 aromatic heterocycles. The smallest absolute Gasteiger partial charge is 0.206 e. The Bertz CT molecular complexity index is 541. The van der Waals surface area contributed by atoms with Crippen molar-refractivity contribution in [1.82, 2.24) is 4.31 Å². The topological polar surface area (TPSA) is 37.4 Å². The van der Waals surface area contributed by atoms with Gasteiger partial charge in [0.05, 0.1) is 3.79 Å². The Labute approximate surface area is 133 Å². The molecule has 3 nitrogen and oxygen atoms in total. The maximum atomic E-state index is 13.0. The van der Waals surface area contributed by atoms with Crippen molar-refractivity contribution in [3.05, 3.63) is 15.9 Å². The molecule has 6 heteroatoms. The summed E-state index contributed by atoms with van der Waals surface area (Å²) in [4.78, 5) is 0. The lowest BCUT2D eigenvalue weighted by Gasteiger charge is -2.32. The Morgan fingerprint density at radius 1 is 1.00 bits per heavy atom. The van der Waals surface area contributed by atoms with Gasteiger partial charge in [-0.05, 0) is 53.7 Å². The summed E-state index contributed by atoms with van der Waals surface area (Å²) in [5.74, 6) is 0. The van der Waals surface area contributed by atoms with Crippen LogP contribution in [0.2, 0.25) is 0 Å². The third kappa shape index (κ3) is 2.85. The van der Waals surface area contributed by atoms with Gasteiger partial charge < -0.3 is 0 Å². The zero-order valence-corrected chi connectivity index (χ0v) is 14.6. The van der Waals surface area contributed by atoms with Crippen LogP contribution in [0.5, 0.6) is 0 Å². The van der Waals surface area contributed by atoms with Crippen LogP contribution in [0.25, 0.3) is 0 Å². The van der Waals surface area contributed by atoms with Crippen LogP contribution < -0.4 is 0 Å². The molecule has 1 heterocycles. The summed E-state index contributed by atoms with van der Waals surface area (Å²) in [7, 11) is -3.33. The molecule has 20 heavy (non-hydrogen) atoms. The van der Waals surface area contributed by atoms with Crippen LogP contribution in [0.15, 0.2) is 20.1 Å². The average Bonchev–Trinajstić information content (AvgIpc) is 3.10. The van der Waals surface area contributed by atoms with E-state index in [0.29, 0.717) is 4.21 Å². The van der Waals surface area contributed by atoms with Crippen molar-refractivity contribution in [3.63, 3.8) is 0 Å². The first-order valence-electron chi connectivity index (χ1n) is 7.38. The summed E-state index contributed by atoms with van der Waals surface area (Å²) in [6.07, 6.45) is 8.78. The molecule has 0 amide bonds. The molecule has 0 aliphatic heterocycles. The fourth-order valence-electron chi connectivity index (χ4n) is 3.55. The Morgan fingerprint density at radius 3 is 1.90 bits per heavy atom. The molecular weight excluding hydrogens is 358 g/mol. The normalized spacial score (nSPS) is 22.1. The molecular formula is C14H20BrNO2S2. The van der Waals surface area contributed by atoms with Gasteiger partial charge in [0.2, 0.25) is 0 Å². The average molecular weight is 378 g/mol. The zero-order chi connectivity index (χ0) is 14.2. The second-order valence-electron chi connectivity index (χ2n) is 5.77. The minimum atomic E-state index is -3.33. The van der Waals surface area contributed by atoms with Crippen LogP contribution in [0, 0.1) is 0 Å². The van der Waals surface area contributed by atoms with Gasteiger partial charge in [-0.2, -0.15) is 4.31 Å². The highest BCUT2D eigenvalue weighted by atomic mass is 79.9. The highest BCUT2D eigenvalue weighted by molar-refractivity contribution is 9.11. The number of halogens is 1. The fraction of sp³-hybridized carbons (Fsp3) is 0.714. The van der Waals surface area contributed by atoms with E-state index in [2.05, 4.69) is 15.9 Å². The second kappa shape index (κ2) is 6.07. The SMILES string of the molecule is O=S(=O)(c1ccc(Br)s1)N(C1CCCC1)C1CCCC1. The first kappa shape index (κ1) is 15.0. The molecule has 0 spiro atoms. The van der Waals surface area contributed by atoms with Crippen molar-refractivity contribution in [2.45, 2.75) is 67.7 Å². The Kier molecular flexibility index (Phi) is 4.55. The van der Waals surface area contributed by atoms with E-state index in [1.54, 1.807) is 6.07 Å². The maximum absolute atomic E-state index is 13.0. The van der Waals surface area contributed by atoms with Crippen molar-refractivity contribution in [2.24, 2.45) is 0 Å². The van der Waals surface area contributed by atoms with Crippen LogP contribution >= 0.6 is 27.3 Å². The lowest BCUT2D eigenvalue weighted by Crippen LogP contribution is -2.44. The zero-order valence-electron chi connectivity index (χ0n) is 11.4. The molecule has 0 radical (unpaired) electrons. The van der Waals surface area contributed by atoms with E-state index in [-0.39, 0.29) is 12.1 Å². The van der Waals surface area contributed by atoms with E-state index in [4.69, 9.17) is 0 Å². The number of hydrogen-bond donors (Lipinski definition) is 0. The van der Waals surface area contributed by atoms with Gasteiger partial charge in [0.1, 0.15) is 4.21 Å². The maximum Gasteiger partial charge on any atom is 0.253 e.